The molecule has 1 saturated heterocycles. The zero-order chi connectivity index (χ0) is 21.3. The fourth-order valence-corrected chi connectivity index (χ4v) is 4.07. The molecule has 0 radical (unpaired) electrons. The lowest BCUT2D eigenvalue weighted by atomic mass is 9.77. The van der Waals surface area contributed by atoms with Crippen molar-refractivity contribution in [3.05, 3.63) is 34.4 Å². The summed E-state index contributed by atoms with van der Waals surface area (Å²) in [6, 6.07) is 3.13. The second-order valence-corrected chi connectivity index (χ2v) is 8.42. The van der Waals surface area contributed by atoms with Crippen molar-refractivity contribution in [2.45, 2.75) is 58.9 Å². The molecule has 1 heterocycles. The SMILES string of the molecule is Cc1cc(C)c(C(=O)COC(=O)CN2C(=O)NC3(CCC(C)CC3)C2=O)cc1C. The summed E-state index contributed by atoms with van der Waals surface area (Å²) in [6.07, 6.45) is 2.87. The molecule has 7 heteroatoms. The molecule has 1 spiro atoms. The molecule has 7 nitrogen and oxygen atoms in total. The number of hydrogen-bond acceptors (Lipinski definition) is 5. The number of ketones is 1. The van der Waals surface area contributed by atoms with Crippen molar-refractivity contribution in [3.8, 4) is 0 Å². The van der Waals surface area contributed by atoms with Crippen LogP contribution in [0.15, 0.2) is 12.1 Å². The van der Waals surface area contributed by atoms with E-state index < -0.39 is 30.7 Å². The maximum absolute atomic E-state index is 12.8. The number of aryl methyl sites for hydroxylation is 3. The first-order valence-electron chi connectivity index (χ1n) is 10.0. The number of rotatable bonds is 5. The smallest absolute Gasteiger partial charge is 0.326 e. The third-order valence-electron chi connectivity index (χ3n) is 6.17. The number of imide groups is 1. The molecule has 2 aliphatic rings. The van der Waals surface area contributed by atoms with Gasteiger partial charge in [0.25, 0.3) is 5.91 Å². The molecule has 0 aromatic heterocycles. The van der Waals surface area contributed by atoms with E-state index in [4.69, 9.17) is 4.74 Å². The Labute approximate surface area is 170 Å². The number of carbonyl (C=O) groups excluding carboxylic acids is 4. The van der Waals surface area contributed by atoms with Crippen LogP contribution in [0.2, 0.25) is 0 Å². The monoisotopic (exact) mass is 400 g/mol. The first-order chi connectivity index (χ1) is 13.6. The molecule has 0 unspecified atom stereocenters. The topological polar surface area (TPSA) is 92.8 Å². The van der Waals surface area contributed by atoms with Crippen LogP contribution in [-0.4, -0.2) is 47.3 Å². The van der Waals surface area contributed by atoms with E-state index in [0.717, 1.165) is 34.4 Å². The number of urea groups is 1. The van der Waals surface area contributed by atoms with Gasteiger partial charge < -0.3 is 10.1 Å². The third-order valence-corrected chi connectivity index (χ3v) is 6.17. The van der Waals surface area contributed by atoms with E-state index in [1.165, 1.54) is 0 Å². The lowest BCUT2D eigenvalue weighted by Crippen LogP contribution is -2.49. The Morgan fingerprint density at radius 1 is 1.10 bits per heavy atom. The molecular formula is C22H28N2O5. The largest absolute Gasteiger partial charge is 0.456 e. The van der Waals surface area contributed by atoms with Crippen molar-refractivity contribution >= 4 is 23.7 Å². The lowest BCUT2D eigenvalue weighted by Gasteiger charge is -2.33. The molecule has 1 N–H and O–H groups in total. The van der Waals surface area contributed by atoms with Gasteiger partial charge in [0.15, 0.2) is 6.61 Å². The number of hydrogen-bond donors (Lipinski definition) is 1. The van der Waals surface area contributed by atoms with Gasteiger partial charge in [0, 0.05) is 5.56 Å². The number of benzene rings is 1. The van der Waals surface area contributed by atoms with Crippen molar-refractivity contribution in [2.24, 2.45) is 5.92 Å². The van der Waals surface area contributed by atoms with Crippen LogP contribution >= 0.6 is 0 Å². The second-order valence-electron chi connectivity index (χ2n) is 8.42. The van der Waals surface area contributed by atoms with E-state index in [0.29, 0.717) is 24.3 Å². The number of esters is 1. The average molecular weight is 400 g/mol. The van der Waals surface area contributed by atoms with Crippen molar-refractivity contribution in [1.29, 1.82) is 0 Å². The van der Waals surface area contributed by atoms with E-state index in [2.05, 4.69) is 12.2 Å². The van der Waals surface area contributed by atoms with Crippen LogP contribution in [-0.2, 0) is 14.3 Å². The van der Waals surface area contributed by atoms with Crippen molar-refractivity contribution < 1.29 is 23.9 Å². The number of amides is 3. The molecule has 1 aromatic rings. The Kier molecular flexibility index (Phi) is 5.78. The Balaban J connectivity index is 1.58. The molecule has 29 heavy (non-hydrogen) atoms. The molecule has 1 aromatic carbocycles. The van der Waals surface area contributed by atoms with Gasteiger partial charge in [0.05, 0.1) is 0 Å². The van der Waals surface area contributed by atoms with Gasteiger partial charge in [-0.2, -0.15) is 0 Å². The minimum absolute atomic E-state index is 0.311. The summed E-state index contributed by atoms with van der Waals surface area (Å²) in [5, 5.41) is 2.77. The fraction of sp³-hybridized carbons (Fsp3) is 0.545. The number of Topliss-reactive ketones (excluding diaryl/α,β-unsaturated/α-hetero) is 1. The molecule has 0 atom stereocenters. The van der Waals surface area contributed by atoms with E-state index in [1.807, 2.05) is 26.8 Å². The van der Waals surface area contributed by atoms with Gasteiger partial charge in [0.2, 0.25) is 5.78 Å². The van der Waals surface area contributed by atoms with Gasteiger partial charge in [0.1, 0.15) is 12.1 Å². The van der Waals surface area contributed by atoms with Crippen LogP contribution in [0.3, 0.4) is 0 Å². The molecule has 156 valence electrons. The molecule has 1 aliphatic carbocycles. The van der Waals surface area contributed by atoms with Gasteiger partial charge in [-0.15, -0.1) is 0 Å². The molecular weight excluding hydrogens is 372 g/mol. The standard InChI is InChI=1S/C22H28N2O5/c1-13-5-7-22(8-6-13)20(27)24(21(28)23-22)11-19(26)29-12-18(25)17-10-15(3)14(2)9-16(17)4/h9-10,13H,5-8,11-12H2,1-4H3,(H,23,28). The third kappa shape index (κ3) is 4.18. The van der Waals surface area contributed by atoms with Crippen LogP contribution in [0.25, 0.3) is 0 Å². The van der Waals surface area contributed by atoms with Crippen molar-refractivity contribution in [1.82, 2.24) is 10.2 Å². The molecule has 1 aliphatic heterocycles. The fourth-order valence-electron chi connectivity index (χ4n) is 4.07. The summed E-state index contributed by atoms with van der Waals surface area (Å²) in [5.74, 6) is -0.939. The Morgan fingerprint density at radius 3 is 2.38 bits per heavy atom. The minimum atomic E-state index is -0.893. The Morgan fingerprint density at radius 2 is 1.72 bits per heavy atom. The van der Waals surface area contributed by atoms with E-state index in [-0.39, 0.29) is 11.7 Å². The van der Waals surface area contributed by atoms with Gasteiger partial charge in [-0.3, -0.25) is 19.3 Å². The summed E-state index contributed by atoms with van der Waals surface area (Å²) in [5.41, 5.74) is 2.50. The normalized spacial score (nSPS) is 24.0. The maximum atomic E-state index is 12.8. The zero-order valence-corrected chi connectivity index (χ0v) is 17.5. The highest BCUT2D eigenvalue weighted by Gasteiger charge is 2.52. The van der Waals surface area contributed by atoms with Crippen LogP contribution in [0.4, 0.5) is 4.79 Å². The molecule has 0 bridgehead atoms. The molecule has 2 fully saturated rings. The predicted octanol–water partition coefficient (Wildman–Crippen LogP) is 2.84. The number of nitrogens with zero attached hydrogens (tertiary/aromatic N) is 1. The van der Waals surface area contributed by atoms with Crippen LogP contribution < -0.4 is 5.32 Å². The van der Waals surface area contributed by atoms with Crippen LogP contribution in [0.5, 0.6) is 0 Å². The number of ether oxygens (including phenoxy) is 1. The highest BCUT2D eigenvalue weighted by molar-refractivity contribution is 6.09. The van der Waals surface area contributed by atoms with Crippen molar-refractivity contribution in [3.63, 3.8) is 0 Å². The summed E-state index contributed by atoms with van der Waals surface area (Å²) >= 11 is 0. The maximum Gasteiger partial charge on any atom is 0.326 e. The predicted molar refractivity (Wildman–Crippen MR) is 107 cm³/mol. The zero-order valence-electron chi connectivity index (χ0n) is 17.5. The van der Waals surface area contributed by atoms with Crippen LogP contribution in [0.1, 0.15) is 59.7 Å². The summed E-state index contributed by atoms with van der Waals surface area (Å²) in [4.78, 5) is 50.6. The molecule has 3 amide bonds. The van der Waals surface area contributed by atoms with E-state index in [9.17, 15) is 19.2 Å². The van der Waals surface area contributed by atoms with E-state index in [1.54, 1.807) is 6.07 Å². The van der Waals surface area contributed by atoms with Gasteiger partial charge in [-0.25, -0.2) is 4.79 Å². The van der Waals surface area contributed by atoms with Gasteiger partial charge in [-0.05, 0) is 75.1 Å². The van der Waals surface area contributed by atoms with Crippen molar-refractivity contribution in [2.75, 3.05) is 13.2 Å². The summed E-state index contributed by atoms with van der Waals surface area (Å²) in [7, 11) is 0. The number of nitrogens with one attached hydrogen (secondary N) is 1. The van der Waals surface area contributed by atoms with Gasteiger partial charge >= 0.3 is 12.0 Å². The molecule has 3 rings (SSSR count). The lowest BCUT2D eigenvalue weighted by molar-refractivity contribution is -0.147. The summed E-state index contributed by atoms with van der Waals surface area (Å²) < 4.78 is 5.07. The van der Waals surface area contributed by atoms with Crippen LogP contribution in [0, 0.1) is 26.7 Å². The average Bonchev–Trinajstić information content (AvgIpc) is 2.89. The highest BCUT2D eigenvalue weighted by Crippen LogP contribution is 2.36. The summed E-state index contributed by atoms with van der Waals surface area (Å²) in [6.45, 7) is 6.93. The number of carbonyl (C=O) groups is 4. The quantitative estimate of drug-likeness (QED) is 0.466. The van der Waals surface area contributed by atoms with Gasteiger partial charge in [-0.1, -0.05) is 13.0 Å². The molecule has 1 saturated carbocycles. The minimum Gasteiger partial charge on any atom is -0.456 e. The highest BCUT2D eigenvalue weighted by atomic mass is 16.5. The second kappa shape index (κ2) is 7.97. The Bertz CT molecular complexity index is 868. The first-order valence-corrected chi connectivity index (χ1v) is 10.0. The van der Waals surface area contributed by atoms with E-state index >= 15 is 0 Å². The first kappa shape index (κ1) is 21.0. The Hall–Kier alpha value is -2.70.